The van der Waals surface area contributed by atoms with Crippen LogP contribution >= 0.6 is 23.8 Å². The fourth-order valence-corrected chi connectivity index (χ4v) is 3.08. The molecule has 0 unspecified atom stereocenters. The van der Waals surface area contributed by atoms with Crippen molar-refractivity contribution >= 4 is 38.8 Å². The van der Waals surface area contributed by atoms with Crippen LogP contribution in [0.15, 0.2) is 23.1 Å². The predicted molar refractivity (Wildman–Crippen MR) is 77.4 cm³/mol. The summed E-state index contributed by atoms with van der Waals surface area (Å²) < 4.78 is 26.6. The Morgan fingerprint density at radius 1 is 1.50 bits per heavy atom. The number of hydrogen-bond donors (Lipinski definition) is 2. The summed E-state index contributed by atoms with van der Waals surface area (Å²) in [6.45, 7) is 4.17. The number of nitrogens with one attached hydrogen (secondary N) is 1. The highest BCUT2D eigenvalue weighted by Crippen LogP contribution is 2.22. The van der Waals surface area contributed by atoms with Gasteiger partial charge in [-0.1, -0.05) is 43.7 Å². The lowest BCUT2D eigenvalue weighted by Crippen LogP contribution is -2.28. The topological polar surface area (TPSA) is 72.2 Å². The molecule has 1 aromatic rings. The highest BCUT2D eigenvalue weighted by atomic mass is 35.5. The summed E-state index contributed by atoms with van der Waals surface area (Å²) in [5, 5.41) is 0.145. The van der Waals surface area contributed by atoms with Crippen molar-refractivity contribution in [3.05, 3.63) is 28.8 Å². The molecule has 0 heterocycles. The second-order valence-corrected chi connectivity index (χ2v) is 6.84. The minimum atomic E-state index is -3.64. The number of hydrogen-bond acceptors (Lipinski definition) is 3. The van der Waals surface area contributed by atoms with Gasteiger partial charge in [-0.2, -0.15) is 0 Å². The van der Waals surface area contributed by atoms with E-state index in [9.17, 15) is 8.42 Å². The Morgan fingerprint density at radius 3 is 2.61 bits per heavy atom. The lowest BCUT2D eigenvalue weighted by molar-refractivity contribution is 0.560. The van der Waals surface area contributed by atoms with Gasteiger partial charge in [-0.25, -0.2) is 13.1 Å². The van der Waals surface area contributed by atoms with Gasteiger partial charge in [0, 0.05) is 12.1 Å². The summed E-state index contributed by atoms with van der Waals surface area (Å²) >= 11 is 10.7. The molecule has 0 atom stereocenters. The maximum absolute atomic E-state index is 12.1. The van der Waals surface area contributed by atoms with Crippen LogP contribution in [-0.4, -0.2) is 20.0 Å². The average molecular weight is 307 g/mol. The van der Waals surface area contributed by atoms with Gasteiger partial charge in [-0.3, -0.25) is 0 Å². The van der Waals surface area contributed by atoms with Gasteiger partial charge in [0.15, 0.2) is 0 Å². The standard InChI is InChI=1S/C11H15ClN2O2S2/c1-7(2)6-14-18(15,16)10-5-8(11(13)17)3-4-9(10)12/h3-5,7,14H,6H2,1-2H3,(H2,13,17). The van der Waals surface area contributed by atoms with E-state index in [1.807, 2.05) is 13.8 Å². The average Bonchev–Trinajstić information content (AvgIpc) is 2.26. The van der Waals surface area contributed by atoms with Crippen molar-refractivity contribution in [1.29, 1.82) is 0 Å². The van der Waals surface area contributed by atoms with Gasteiger partial charge in [0.25, 0.3) is 0 Å². The number of rotatable bonds is 5. The van der Waals surface area contributed by atoms with E-state index in [0.717, 1.165) is 0 Å². The third-order valence-electron chi connectivity index (χ3n) is 2.19. The molecule has 0 fully saturated rings. The van der Waals surface area contributed by atoms with Crippen LogP contribution < -0.4 is 10.5 Å². The van der Waals surface area contributed by atoms with E-state index in [0.29, 0.717) is 12.1 Å². The van der Waals surface area contributed by atoms with Crippen LogP contribution in [0.25, 0.3) is 0 Å². The van der Waals surface area contributed by atoms with Gasteiger partial charge in [-0.05, 0) is 18.1 Å². The first-order chi connectivity index (χ1) is 8.24. The summed E-state index contributed by atoms with van der Waals surface area (Å²) in [6, 6.07) is 4.44. The molecule has 0 aliphatic heterocycles. The third-order valence-corrected chi connectivity index (χ3v) is 4.33. The summed E-state index contributed by atoms with van der Waals surface area (Å²) in [5.74, 6) is 0.206. The van der Waals surface area contributed by atoms with Crippen molar-refractivity contribution in [3.63, 3.8) is 0 Å². The van der Waals surface area contributed by atoms with Crippen LogP contribution in [0.4, 0.5) is 0 Å². The third kappa shape index (κ3) is 3.91. The van der Waals surface area contributed by atoms with Crippen molar-refractivity contribution in [1.82, 2.24) is 4.72 Å². The van der Waals surface area contributed by atoms with Crippen LogP contribution in [0.5, 0.6) is 0 Å². The van der Waals surface area contributed by atoms with E-state index >= 15 is 0 Å². The van der Waals surface area contributed by atoms with Crippen LogP contribution in [0, 0.1) is 5.92 Å². The van der Waals surface area contributed by atoms with Crippen LogP contribution in [0.2, 0.25) is 5.02 Å². The Hall–Kier alpha value is -0.690. The number of thiocarbonyl (C=S) groups is 1. The first-order valence-corrected chi connectivity index (χ1v) is 7.60. The molecule has 3 N–H and O–H groups in total. The van der Waals surface area contributed by atoms with Crippen molar-refractivity contribution in [2.24, 2.45) is 11.7 Å². The van der Waals surface area contributed by atoms with E-state index < -0.39 is 10.0 Å². The predicted octanol–water partition coefficient (Wildman–Crippen LogP) is 1.91. The van der Waals surface area contributed by atoms with E-state index in [4.69, 9.17) is 29.6 Å². The Kier molecular flexibility index (Phi) is 5.10. The second-order valence-electron chi connectivity index (χ2n) is 4.26. The molecule has 0 saturated heterocycles. The highest BCUT2D eigenvalue weighted by molar-refractivity contribution is 7.89. The molecule has 0 saturated carbocycles. The second kappa shape index (κ2) is 5.97. The summed E-state index contributed by atoms with van der Waals surface area (Å²) in [5.41, 5.74) is 5.94. The molecule has 18 heavy (non-hydrogen) atoms. The Balaban J connectivity index is 3.15. The van der Waals surface area contributed by atoms with Crippen molar-refractivity contribution in [3.8, 4) is 0 Å². The molecule has 0 amide bonds. The molecule has 1 rings (SSSR count). The number of halogens is 1. The van der Waals surface area contributed by atoms with E-state index in [-0.39, 0.29) is 20.8 Å². The lowest BCUT2D eigenvalue weighted by Gasteiger charge is -2.11. The molecule has 1 aromatic carbocycles. The number of sulfonamides is 1. The zero-order valence-electron chi connectivity index (χ0n) is 10.1. The summed E-state index contributed by atoms with van der Waals surface area (Å²) in [4.78, 5) is 0.127. The van der Waals surface area contributed by atoms with Gasteiger partial charge >= 0.3 is 0 Å². The molecule has 0 spiro atoms. The Bertz CT molecular complexity index is 556. The molecule has 4 nitrogen and oxygen atoms in total. The molecule has 0 bridgehead atoms. The molecule has 0 radical (unpaired) electrons. The van der Waals surface area contributed by atoms with Crippen molar-refractivity contribution in [2.75, 3.05) is 6.54 Å². The van der Waals surface area contributed by atoms with Crippen LogP contribution in [0.1, 0.15) is 19.4 Å². The van der Waals surface area contributed by atoms with Crippen molar-refractivity contribution < 1.29 is 8.42 Å². The van der Waals surface area contributed by atoms with Gasteiger partial charge in [0.2, 0.25) is 10.0 Å². The molecule has 100 valence electrons. The van der Waals surface area contributed by atoms with Gasteiger partial charge in [0.1, 0.15) is 9.88 Å². The molecule has 0 aliphatic rings. The SMILES string of the molecule is CC(C)CNS(=O)(=O)c1cc(C(N)=S)ccc1Cl. The zero-order valence-corrected chi connectivity index (χ0v) is 12.5. The number of nitrogens with two attached hydrogens (primary N) is 1. The monoisotopic (exact) mass is 306 g/mol. The normalized spacial score (nSPS) is 11.8. The lowest BCUT2D eigenvalue weighted by atomic mass is 10.2. The summed E-state index contributed by atoms with van der Waals surface area (Å²) in [7, 11) is -3.64. The van der Waals surface area contributed by atoms with Crippen molar-refractivity contribution in [2.45, 2.75) is 18.7 Å². The molecule has 0 aromatic heterocycles. The van der Waals surface area contributed by atoms with Gasteiger partial charge < -0.3 is 5.73 Å². The molecular formula is C11H15ClN2O2S2. The number of benzene rings is 1. The molecule has 0 aliphatic carbocycles. The van der Waals surface area contributed by atoms with E-state index in [2.05, 4.69) is 4.72 Å². The van der Waals surface area contributed by atoms with Crippen LogP contribution in [0.3, 0.4) is 0 Å². The quantitative estimate of drug-likeness (QED) is 0.815. The Morgan fingerprint density at radius 2 is 2.11 bits per heavy atom. The maximum atomic E-state index is 12.1. The fourth-order valence-electron chi connectivity index (χ4n) is 1.22. The zero-order chi connectivity index (χ0) is 13.9. The van der Waals surface area contributed by atoms with E-state index in [1.54, 1.807) is 6.07 Å². The summed E-state index contributed by atoms with van der Waals surface area (Å²) in [6.07, 6.45) is 0. The first kappa shape index (κ1) is 15.4. The smallest absolute Gasteiger partial charge is 0.242 e. The van der Waals surface area contributed by atoms with Gasteiger partial charge in [0.05, 0.1) is 5.02 Å². The Labute approximate surface area is 118 Å². The minimum absolute atomic E-state index is 0.00452. The first-order valence-electron chi connectivity index (χ1n) is 5.33. The minimum Gasteiger partial charge on any atom is -0.389 e. The van der Waals surface area contributed by atoms with E-state index in [1.165, 1.54) is 12.1 Å². The van der Waals surface area contributed by atoms with Crippen LogP contribution in [-0.2, 0) is 10.0 Å². The fraction of sp³-hybridized carbons (Fsp3) is 0.364. The largest absolute Gasteiger partial charge is 0.389 e. The highest BCUT2D eigenvalue weighted by Gasteiger charge is 2.18. The maximum Gasteiger partial charge on any atom is 0.242 e. The molecule has 7 heteroatoms. The van der Waals surface area contributed by atoms with Gasteiger partial charge in [-0.15, -0.1) is 0 Å². The molecular weight excluding hydrogens is 292 g/mol.